The lowest BCUT2D eigenvalue weighted by Gasteiger charge is -2.17. The van der Waals surface area contributed by atoms with E-state index in [1.807, 2.05) is 0 Å². The molecule has 0 aromatic heterocycles. The van der Waals surface area contributed by atoms with E-state index in [0.717, 1.165) is 12.8 Å². The summed E-state index contributed by atoms with van der Waals surface area (Å²) in [5.41, 5.74) is 0.621. The molecular weight excluding hydrogens is 268 g/mol. The van der Waals surface area contributed by atoms with Crippen molar-refractivity contribution in [2.75, 3.05) is 13.7 Å². The fourth-order valence-electron chi connectivity index (χ4n) is 2.24. The Morgan fingerprint density at radius 3 is 2.79 bits per heavy atom. The van der Waals surface area contributed by atoms with E-state index in [-0.39, 0.29) is 18.8 Å². The van der Waals surface area contributed by atoms with Gasteiger partial charge in [-0.3, -0.25) is 0 Å². The maximum Gasteiger partial charge on any atom is 0.166 e. The standard InChI is InChI=1S/C14H19ClO4/c1-9-3-4-12(19-9)8-18-14-10(7-16)5-11(15)6-13(14)17-2/h5-6,9,12,16H,3-4,7-8H2,1-2H3. The zero-order valence-electron chi connectivity index (χ0n) is 11.2. The topological polar surface area (TPSA) is 47.9 Å². The molecular formula is C14H19ClO4. The molecule has 1 aromatic carbocycles. The lowest BCUT2D eigenvalue weighted by atomic mass is 10.2. The molecule has 1 aromatic rings. The molecule has 1 N–H and O–H groups in total. The molecule has 5 heteroatoms. The Kier molecular flexibility index (Phi) is 4.91. The van der Waals surface area contributed by atoms with E-state index >= 15 is 0 Å². The van der Waals surface area contributed by atoms with Crippen molar-refractivity contribution in [3.8, 4) is 11.5 Å². The molecule has 0 radical (unpaired) electrons. The van der Waals surface area contributed by atoms with Crippen LogP contribution in [0.1, 0.15) is 25.3 Å². The first-order chi connectivity index (χ1) is 9.13. The van der Waals surface area contributed by atoms with Gasteiger partial charge in [-0.2, -0.15) is 0 Å². The molecule has 0 bridgehead atoms. The second kappa shape index (κ2) is 6.46. The first kappa shape index (κ1) is 14.4. The first-order valence-corrected chi connectivity index (χ1v) is 6.77. The van der Waals surface area contributed by atoms with Gasteiger partial charge in [0.15, 0.2) is 11.5 Å². The number of hydrogen-bond acceptors (Lipinski definition) is 4. The molecule has 2 unspecified atom stereocenters. The normalized spacial score (nSPS) is 22.5. The van der Waals surface area contributed by atoms with Crippen molar-refractivity contribution in [2.45, 2.75) is 38.6 Å². The van der Waals surface area contributed by atoms with Crippen molar-refractivity contribution in [1.82, 2.24) is 0 Å². The molecule has 1 saturated heterocycles. The van der Waals surface area contributed by atoms with Gasteiger partial charge in [0.25, 0.3) is 0 Å². The van der Waals surface area contributed by atoms with Crippen LogP contribution in [0.2, 0.25) is 5.02 Å². The molecule has 1 aliphatic heterocycles. The fourth-order valence-corrected chi connectivity index (χ4v) is 2.47. The van der Waals surface area contributed by atoms with Gasteiger partial charge < -0.3 is 19.3 Å². The summed E-state index contributed by atoms with van der Waals surface area (Å²) in [4.78, 5) is 0. The van der Waals surface area contributed by atoms with Crippen LogP contribution in [-0.4, -0.2) is 31.0 Å². The number of aliphatic hydroxyl groups excluding tert-OH is 1. The van der Waals surface area contributed by atoms with Crippen LogP contribution in [-0.2, 0) is 11.3 Å². The number of methoxy groups -OCH3 is 1. The maximum absolute atomic E-state index is 9.37. The predicted octanol–water partition coefficient (Wildman–Crippen LogP) is 2.79. The molecule has 0 spiro atoms. The van der Waals surface area contributed by atoms with Crippen LogP contribution >= 0.6 is 11.6 Å². The molecule has 19 heavy (non-hydrogen) atoms. The van der Waals surface area contributed by atoms with E-state index in [4.69, 9.17) is 25.8 Å². The third-order valence-corrected chi connectivity index (χ3v) is 3.44. The van der Waals surface area contributed by atoms with Crippen LogP contribution < -0.4 is 9.47 Å². The largest absolute Gasteiger partial charge is 0.493 e. The third-order valence-electron chi connectivity index (χ3n) is 3.22. The molecule has 0 aliphatic carbocycles. The summed E-state index contributed by atoms with van der Waals surface area (Å²) in [5, 5.41) is 9.88. The van der Waals surface area contributed by atoms with Gasteiger partial charge in [-0.25, -0.2) is 0 Å². The van der Waals surface area contributed by atoms with Crippen LogP contribution in [0.4, 0.5) is 0 Å². The third kappa shape index (κ3) is 3.53. The lowest BCUT2D eigenvalue weighted by molar-refractivity contribution is 0.0254. The number of hydrogen-bond donors (Lipinski definition) is 1. The highest BCUT2D eigenvalue weighted by Crippen LogP contribution is 2.35. The Labute approximate surface area is 118 Å². The molecule has 0 saturated carbocycles. The minimum Gasteiger partial charge on any atom is -0.493 e. The van der Waals surface area contributed by atoms with Gasteiger partial charge in [0.05, 0.1) is 25.9 Å². The van der Waals surface area contributed by atoms with Crippen LogP contribution in [0.25, 0.3) is 0 Å². The minimum atomic E-state index is -0.145. The minimum absolute atomic E-state index is 0.0990. The van der Waals surface area contributed by atoms with Gasteiger partial charge in [0, 0.05) is 16.7 Å². The smallest absolute Gasteiger partial charge is 0.166 e. The molecule has 1 aliphatic rings. The van der Waals surface area contributed by atoms with Gasteiger partial charge in [-0.1, -0.05) is 11.6 Å². The molecule has 106 valence electrons. The van der Waals surface area contributed by atoms with Crippen molar-refractivity contribution in [1.29, 1.82) is 0 Å². The second-order valence-electron chi connectivity index (χ2n) is 4.71. The summed E-state index contributed by atoms with van der Waals surface area (Å²) in [5.74, 6) is 1.07. The number of halogens is 1. The molecule has 1 fully saturated rings. The van der Waals surface area contributed by atoms with E-state index in [0.29, 0.717) is 28.7 Å². The molecule has 2 atom stereocenters. The number of ether oxygens (including phenoxy) is 3. The van der Waals surface area contributed by atoms with Gasteiger partial charge in [0.2, 0.25) is 0 Å². The van der Waals surface area contributed by atoms with Crippen LogP contribution in [0.15, 0.2) is 12.1 Å². The van der Waals surface area contributed by atoms with Crippen molar-refractivity contribution in [3.63, 3.8) is 0 Å². The van der Waals surface area contributed by atoms with Gasteiger partial charge in [-0.05, 0) is 25.8 Å². The molecule has 2 rings (SSSR count). The zero-order chi connectivity index (χ0) is 13.8. The quantitative estimate of drug-likeness (QED) is 0.904. The number of rotatable bonds is 5. The van der Waals surface area contributed by atoms with Crippen LogP contribution in [0.5, 0.6) is 11.5 Å². The Morgan fingerprint density at radius 2 is 2.21 bits per heavy atom. The van der Waals surface area contributed by atoms with Crippen molar-refractivity contribution >= 4 is 11.6 Å². The SMILES string of the molecule is COc1cc(Cl)cc(CO)c1OCC1CCC(C)O1. The van der Waals surface area contributed by atoms with Gasteiger partial charge in [-0.15, -0.1) is 0 Å². The second-order valence-corrected chi connectivity index (χ2v) is 5.15. The van der Waals surface area contributed by atoms with Crippen molar-refractivity contribution in [2.24, 2.45) is 0 Å². The van der Waals surface area contributed by atoms with Crippen molar-refractivity contribution in [3.05, 3.63) is 22.7 Å². The Hall–Kier alpha value is -0.970. The van der Waals surface area contributed by atoms with E-state index in [9.17, 15) is 5.11 Å². The molecule has 4 nitrogen and oxygen atoms in total. The summed E-state index contributed by atoms with van der Waals surface area (Å²) in [6, 6.07) is 3.35. The summed E-state index contributed by atoms with van der Waals surface area (Å²) in [6.45, 7) is 2.37. The summed E-state index contributed by atoms with van der Waals surface area (Å²) in [6.07, 6.45) is 2.43. The van der Waals surface area contributed by atoms with Gasteiger partial charge in [0.1, 0.15) is 6.61 Å². The Bertz CT molecular complexity index is 410. The monoisotopic (exact) mass is 286 g/mol. The number of aliphatic hydroxyl groups is 1. The summed E-state index contributed by atoms with van der Waals surface area (Å²) in [7, 11) is 1.55. The first-order valence-electron chi connectivity index (χ1n) is 6.39. The highest BCUT2D eigenvalue weighted by Gasteiger charge is 2.23. The molecule has 1 heterocycles. The van der Waals surface area contributed by atoms with Crippen LogP contribution in [0.3, 0.4) is 0 Å². The Morgan fingerprint density at radius 1 is 1.42 bits per heavy atom. The molecule has 0 amide bonds. The average Bonchev–Trinajstić information content (AvgIpc) is 2.81. The average molecular weight is 287 g/mol. The fraction of sp³-hybridized carbons (Fsp3) is 0.571. The maximum atomic E-state index is 9.37. The predicted molar refractivity (Wildman–Crippen MR) is 73.0 cm³/mol. The highest BCUT2D eigenvalue weighted by atomic mass is 35.5. The summed E-state index contributed by atoms with van der Waals surface area (Å²) < 4.78 is 16.7. The zero-order valence-corrected chi connectivity index (χ0v) is 11.9. The van der Waals surface area contributed by atoms with Crippen LogP contribution in [0, 0.1) is 0 Å². The van der Waals surface area contributed by atoms with E-state index in [1.54, 1.807) is 19.2 Å². The lowest BCUT2D eigenvalue weighted by Crippen LogP contribution is -2.18. The van der Waals surface area contributed by atoms with Gasteiger partial charge >= 0.3 is 0 Å². The Balaban J connectivity index is 2.09. The van der Waals surface area contributed by atoms with E-state index in [1.165, 1.54) is 0 Å². The van der Waals surface area contributed by atoms with E-state index < -0.39 is 0 Å². The van der Waals surface area contributed by atoms with Crippen molar-refractivity contribution < 1.29 is 19.3 Å². The summed E-state index contributed by atoms with van der Waals surface area (Å²) >= 11 is 5.95. The highest BCUT2D eigenvalue weighted by molar-refractivity contribution is 6.30. The van der Waals surface area contributed by atoms with E-state index in [2.05, 4.69) is 6.92 Å². The number of benzene rings is 1.